The van der Waals surface area contributed by atoms with Crippen molar-refractivity contribution < 1.29 is 18.8 Å². The summed E-state index contributed by atoms with van der Waals surface area (Å²) < 4.78 is 5.00. The molecule has 3 rings (SSSR count). The molecule has 0 N–H and O–H groups in total. The molecule has 0 aliphatic heterocycles. The number of Topliss-reactive ketones (excluding diaryl/α,β-unsaturated/α-hetero) is 3. The number of hydrogen-bond donors (Lipinski definition) is 0. The molecule has 0 amide bonds. The normalized spacial score (nSPS) is 20.0. The van der Waals surface area contributed by atoms with Gasteiger partial charge < -0.3 is 4.42 Å². The first-order valence-corrected chi connectivity index (χ1v) is 9.03. The van der Waals surface area contributed by atoms with E-state index >= 15 is 0 Å². The molecule has 1 aliphatic carbocycles. The van der Waals surface area contributed by atoms with Gasteiger partial charge in [-0.05, 0) is 55.5 Å². The summed E-state index contributed by atoms with van der Waals surface area (Å²) in [6.45, 7) is 5.89. The lowest BCUT2D eigenvalue weighted by molar-refractivity contribution is -0.127. The zero-order valence-corrected chi connectivity index (χ0v) is 15.5. The molecule has 26 heavy (non-hydrogen) atoms. The van der Waals surface area contributed by atoms with Gasteiger partial charge in [0.2, 0.25) is 0 Å². The van der Waals surface area contributed by atoms with E-state index in [-0.39, 0.29) is 30.2 Å². The van der Waals surface area contributed by atoms with Crippen LogP contribution in [0.3, 0.4) is 0 Å². The van der Waals surface area contributed by atoms with Crippen molar-refractivity contribution in [3.05, 3.63) is 58.5 Å². The van der Waals surface area contributed by atoms with Crippen LogP contribution >= 0.6 is 0 Å². The van der Waals surface area contributed by atoms with E-state index in [1.165, 1.54) is 0 Å². The number of benzene rings is 1. The maximum absolute atomic E-state index is 12.9. The Hall–Kier alpha value is -2.49. The summed E-state index contributed by atoms with van der Waals surface area (Å²) in [5.41, 5.74) is 4.87. The maximum Gasteiger partial charge on any atom is 0.151 e. The number of ketones is 3. The number of carbonyl (C=O) groups is 3. The standard InChI is InChI=1S/C22H24O4/c1-13-8-14(2)20(15(3)9-13)21-19(24)11-17(22(21)25)10-18(23)5-4-16-6-7-26-12-16/h6-9,12,17,21H,4-5,10-11H2,1-3H3. The predicted molar refractivity (Wildman–Crippen MR) is 98.2 cm³/mol. The van der Waals surface area contributed by atoms with Crippen LogP contribution in [0.15, 0.2) is 35.1 Å². The highest BCUT2D eigenvalue weighted by Crippen LogP contribution is 2.37. The van der Waals surface area contributed by atoms with Crippen molar-refractivity contribution >= 4 is 17.3 Å². The van der Waals surface area contributed by atoms with E-state index in [9.17, 15) is 14.4 Å². The van der Waals surface area contributed by atoms with Crippen molar-refractivity contribution in [2.75, 3.05) is 0 Å². The van der Waals surface area contributed by atoms with Crippen molar-refractivity contribution in [3.63, 3.8) is 0 Å². The molecular weight excluding hydrogens is 328 g/mol. The smallest absolute Gasteiger partial charge is 0.151 e. The molecule has 4 heteroatoms. The number of rotatable bonds is 6. The lowest BCUT2D eigenvalue weighted by atomic mass is 9.86. The molecule has 1 fully saturated rings. The fourth-order valence-electron chi connectivity index (χ4n) is 4.07. The Morgan fingerprint density at radius 3 is 2.46 bits per heavy atom. The third-order valence-corrected chi connectivity index (χ3v) is 5.23. The summed E-state index contributed by atoms with van der Waals surface area (Å²) in [5, 5.41) is 0. The number of carbonyl (C=O) groups excluding carboxylic acids is 3. The fourth-order valence-corrected chi connectivity index (χ4v) is 4.07. The Balaban J connectivity index is 1.70. The van der Waals surface area contributed by atoms with Gasteiger partial charge in [0.1, 0.15) is 17.5 Å². The molecule has 0 spiro atoms. The zero-order valence-electron chi connectivity index (χ0n) is 15.5. The van der Waals surface area contributed by atoms with Crippen LogP contribution in [0.4, 0.5) is 0 Å². The Labute approximate surface area is 153 Å². The first-order chi connectivity index (χ1) is 12.4. The summed E-state index contributed by atoms with van der Waals surface area (Å²) in [6, 6.07) is 5.84. The topological polar surface area (TPSA) is 64.3 Å². The summed E-state index contributed by atoms with van der Waals surface area (Å²) in [4.78, 5) is 37.7. The quantitative estimate of drug-likeness (QED) is 0.736. The molecule has 2 aromatic rings. The van der Waals surface area contributed by atoms with E-state index in [0.29, 0.717) is 12.8 Å². The van der Waals surface area contributed by atoms with E-state index < -0.39 is 11.8 Å². The SMILES string of the molecule is Cc1cc(C)c(C2C(=O)CC(CC(=O)CCc3ccoc3)C2=O)c(C)c1. The zero-order chi connectivity index (χ0) is 18.8. The van der Waals surface area contributed by atoms with Gasteiger partial charge >= 0.3 is 0 Å². The van der Waals surface area contributed by atoms with Gasteiger partial charge in [0.15, 0.2) is 5.78 Å². The van der Waals surface area contributed by atoms with Crippen molar-refractivity contribution in [2.24, 2.45) is 5.92 Å². The lowest BCUT2D eigenvalue weighted by Crippen LogP contribution is -2.19. The molecular formula is C22H24O4. The van der Waals surface area contributed by atoms with Crippen LogP contribution in [-0.4, -0.2) is 17.3 Å². The second-order valence-corrected chi connectivity index (χ2v) is 7.39. The highest BCUT2D eigenvalue weighted by atomic mass is 16.3. The predicted octanol–water partition coefficient (Wildman–Crippen LogP) is 4.04. The van der Waals surface area contributed by atoms with Gasteiger partial charge in [0.05, 0.1) is 12.5 Å². The van der Waals surface area contributed by atoms with Gasteiger partial charge in [-0.25, -0.2) is 0 Å². The highest BCUT2D eigenvalue weighted by Gasteiger charge is 2.43. The van der Waals surface area contributed by atoms with Crippen LogP contribution in [0.2, 0.25) is 0 Å². The summed E-state index contributed by atoms with van der Waals surface area (Å²) >= 11 is 0. The van der Waals surface area contributed by atoms with Gasteiger partial charge in [-0.15, -0.1) is 0 Å². The van der Waals surface area contributed by atoms with E-state index in [4.69, 9.17) is 4.42 Å². The van der Waals surface area contributed by atoms with Crippen LogP contribution < -0.4 is 0 Å². The summed E-state index contributed by atoms with van der Waals surface area (Å²) in [7, 11) is 0. The molecule has 1 heterocycles. The number of furan rings is 1. The summed E-state index contributed by atoms with van der Waals surface area (Å²) in [5.74, 6) is -1.32. The minimum absolute atomic E-state index is 0.0235. The largest absolute Gasteiger partial charge is 0.472 e. The van der Waals surface area contributed by atoms with Gasteiger partial charge in [0, 0.05) is 25.2 Å². The molecule has 2 unspecified atom stereocenters. The van der Waals surface area contributed by atoms with Gasteiger partial charge in [-0.2, -0.15) is 0 Å². The van der Waals surface area contributed by atoms with Crippen molar-refractivity contribution in [3.8, 4) is 0 Å². The highest BCUT2D eigenvalue weighted by molar-refractivity contribution is 6.15. The van der Waals surface area contributed by atoms with Crippen molar-refractivity contribution in [2.45, 2.75) is 52.4 Å². The molecule has 0 radical (unpaired) electrons. The van der Waals surface area contributed by atoms with Crippen LogP contribution in [0.1, 0.15) is 53.0 Å². The van der Waals surface area contributed by atoms with E-state index in [2.05, 4.69) is 0 Å². The Morgan fingerprint density at radius 2 is 1.85 bits per heavy atom. The van der Waals surface area contributed by atoms with Crippen LogP contribution in [0, 0.1) is 26.7 Å². The molecule has 0 bridgehead atoms. The molecule has 1 saturated carbocycles. The van der Waals surface area contributed by atoms with E-state index in [1.54, 1.807) is 12.5 Å². The third-order valence-electron chi connectivity index (χ3n) is 5.23. The van der Waals surface area contributed by atoms with Gasteiger partial charge in [-0.1, -0.05) is 17.7 Å². The Bertz CT molecular complexity index is 822. The van der Waals surface area contributed by atoms with E-state index in [0.717, 1.165) is 27.8 Å². The molecule has 2 atom stereocenters. The Kier molecular flexibility index (Phi) is 5.21. The minimum Gasteiger partial charge on any atom is -0.472 e. The van der Waals surface area contributed by atoms with Crippen LogP contribution in [0.25, 0.3) is 0 Å². The second kappa shape index (κ2) is 7.40. The average Bonchev–Trinajstić information content (AvgIpc) is 3.16. The van der Waals surface area contributed by atoms with E-state index in [1.807, 2.05) is 39.0 Å². The molecule has 1 aliphatic rings. The second-order valence-electron chi connectivity index (χ2n) is 7.39. The fraction of sp³-hybridized carbons (Fsp3) is 0.409. The monoisotopic (exact) mass is 352 g/mol. The molecule has 0 saturated heterocycles. The van der Waals surface area contributed by atoms with Crippen LogP contribution in [0.5, 0.6) is 0 Å². The lowest BCUT2D eigenvalue weighted by Gasteiger charge is -2.16. The van der Waals surface area contributed by atoms with Gasteiger partial charge in [-0.3, -0.25) is 14.4 Å². The van der Waals surface area contributed by atoms with Gasteiger partial charge in [0.25, 0.3) is 0 Å². The first kappa shape index (κ1) is 18.3. The molecule has 4 nitrogen and oxygen atoms in total. The molecule has 1 aromatic carbocycles. The third kappa shape index (κ3) is 3.69. The molecule has 1 aromatic heterocycles. The minimum atomic E-state index is -0.706. The van der Waals surface area contributed by atoms with Crippen molar-refractivity contribution in [1.82, 2.24) is 0 Å². The Morgan fingerprint density at radius 1 is 1.15 bits per heavy atom. The number of aryl methyl sites for hydroxylation is 4. The van der Waals surface area contributed by atoms with Crippen LogP contribution in [-0.2, 0) is 20.8 Å². The first-order valence-electron chi connectivity index (χ1n) is 9.03. The number of hydrogen-bond acceptors (Lipinski definition) is 4. The maximum atomic E-state index is 12.9. The average molecular weight is 352 g/mol. The molecule has 136 valence electrons. The van der Waals surface area contributed by atoms with Crippen molar-refractivity contribution in [1.29, 1.82) is 0 Å². The summed E-state index contributed by atoms with van der Waals surface area (Å²) in [6.07, 6.45) is 4.50.